The molecule has 0 saturated heterocycles. The molecule has 0 bridgehead atoms. The first-order chi connectivity index (χ1) is 63.3. The molecule has 13 aromatic rings. The summed E-state index contributed by atoms with van der Waals surface area (Å²) in [5, 5.41) is 67.2. The van der Waals surface area contributed by atoms with E-state index in [1.165, 1.54) is 38.0 Å². The van der Waals surface area contributed by atoms with Crippen LogP contribution in [0.25, 0.3) is 31.9 Å². The number of halogens is 4. The van der Waals surface area contributed by atoms with E-state index in [1.54, 1.807) is 85.3 Å². The molecule has 696 valence electrons. The molecular weight excluding hydrogens is 2130 g/mol. The van der Waals surface area contributed by atoms with Crippen LogP contribution in [0.4, 0.5) is 68.2 Å². The Morgan fingerprint density at radius 3 is 0.373 bits per heavy atom. The van der Waals surface area contributed by atoms with E-state index < -0.39 is 23.0 Å². The Morgan fingerprint density at radius 1 is 0.194 bits per heavy atom. The summed E-state index contributed by atoms with van der Waals surface area (Å²) in [6.07, 6.45) is 9.19. The van der Waals surface area contributed by atoms with Gasteiger partial charge in [-0.2, -0.15) is 0 Å². The number of rotatable bonds is 30. The number of aliphatic imine (C=N–C) groups is 6. The Hall–Kier alpha value is -12.6. The molecule has 13 aromatic carbocycles. The first-order valence-corrected chi connectivity index (χ1v) is 40.7. The van der Waals surface area contributed by atoms with E-state index in [0.717, 1.165) is 137 Å². The molecule has 0 atom stereocenters. The quantitative estimate of drug-likeness (QED) is 0.0175. The molecule has 0 unspecified atom stereocenters. The molecule has 0 N–H and O–H groups in total. The molecule has 0 aliphatic heterocycles. The van der Waals surface area contributed by atoms with Crippen molar-refractivity contribution < 1.29 is 162 Å². The van der Waals surface area contributed by atoms with Crippen molar-refractivity contribution in [3.05, 3.63) is 335 Å². The summed E-state index contributed by atoms with van der Waals surface area (Å²) >= 11 is 19.1. The van der Waals surface area contributed by atoms with Gasteiger partial charge in [0.1, 0.15) is 69.0 Å². The average molecular weight is 2220 g/mol. The summed E-state index contributed by atoms with van der Waals surface area (Å²) in [4.78, 5) is 25.4. The monoisotopic (exact) mass is 2230 g/mol. The van der Waals surface area contributed by atoms with Gasteiger partial charge in [-0.15, -0.1) is 69.4 Å². The zero-order valence-electron chi connectivity index (χ0n) is 74.8. The molecule has 28 nitrogen and oxygen atoms in total. The molecule has 0 heterocycles. The fourth-order valence-corrected chi connectivity index (χ4v) is 9.52. The minimum Gasteiger partial charge on any atom is -0.873 e. The number of ether oxygens (including phenoxy) is 12. The van der Waals surface area contributed by atoms with Gasteiger partial charge in [0, 0.05) is 0 Å². The van der Waals surface area contributed by atoms with Gasteiger partial charge in [-0.25, -0.2) is 0 Å². The zero-order valence-corrected chi connectivity index (χ0v) is 85.8. The summed E-state index contributed by atoms with van der Waals surface area (Å²) in [6.45, 7) is 0. The number of hydrogen-bond donors (Lipinski definition) is 0. The van der Waals surface area contributed by atoms with Crippen LogP contribution in [0.5, 0.6) is 92.0 Å². The predicted molar refractivity (Wildman–Crippen MR) is 520 cm³/mol. The molecular formula is C98H96Cl4Mo4N12O16. The van der Waals surface area contributed by atoms with Gasteiger partial charge in [0.15, 0.2) is 0 Å². The zero-order chi connectivity index (χ0) is 94.1. The van der Waals surface area contributed by atoms with Gasteiger partial charge in [-0.05, 0) is 214 Å². The molecule has 0 aliphatic rings. The van der Waals surface area contributed by atoms with Crippen molar-refractivity contribution in [3.63, 3.8) is 0 Å². The molecule has 0 aromatic heterocycles. The van der Waals surface area contributed by atoms with Crippen molar-refractivity contribution >= 4 is 153 Å². The molecule has 2 radical (unpaired) electrons. The van der Waals surface area contributed by atoms with Gasteiger partial charge in [0.25, 0.3) is 0 Å². The Bertz CT molecular complexity index is 4570. The molecule has 0 spiro atoms. The summed E-state index contributed by atoms with van der Waals surface area (Å²) in [6, 6.07) is 90.7. The fourth-order valence-electron chi connectivity index (χ4n) is 9.52. The summed E-state index contributed by atoms with van der Waals surface area (Å²) in [7, 11) is 19.6. The van der Waals surface area contributed by atoms with E-state index in [0.29, 0.717) is 12.1 Å². The normalized spacial score (nSPS) is 9.85. The maximum absolute atomic E-state index is 10.3. The van der Waals surface area contributed by atoms with Crippen molar-refractivity contribution in [2.45, 2.75) is 0 Å². The molecule has 0 amide bonds. The summed E-state index contributed by atoms with van der Waals surface area (Å²) < 4.78 is 60.9. The van der Waals surface area contributed by atoms with Gasteiger partial charge in [0.2, 0.25) is 0 Å². The average Bonchev–Trinajstić information content (AvgIpc) is 0.862. The van der Waals surface area contributed by atoms with Gasteiger partial charge in [0.05, 0.1) is 96.0 Å². The van der Waals surface area contributed by atoms with E-state index in [4.69, 9.17) is 103 Å². The molecule has 36 heteroatoms. The van der Waals surface area contributed by atoms with Crippen LogP contribution in [0.3, 0.4) is 0 Å². The molecule has 0 saturated carbocycles. The van der Waals surface area contributed by atoms with Crippen LogP contribution in [0.1, 0.15) is 0 Å². The SMILES string of the molecule is COc1ccc(N=C[N-]c2ccc(OC)cc2)cc1.COc1ccc(N=C[N-]c2ccc(OC)cc2)cc1.COc1ccc(N=C[N-]c2ccc(OC)cc2)cc1.COc1ccc(N=C[N-]c2ccc(OC)cc2)cc1.COc1ccc(N=C[N-]c2ccc(OC)cc2)cc1.COc1ccc(N=C[N-]c2ccc(OC)cc2)cc1.ClCCl.ClCCl.[Mo+2].[Mo+2].[Mo+3].[Mo+3].[O-]c1cc([O-])c([O-])cc1[O-]. The first-order valence-electron chi connectivity index (χ1n) is 38.5. The Labute approximate surface area is 859 Å². The van der Waals surface area contributed by atoms with Crippen molar-refractivity contribution in [2.24, 2.45) is 30.0 Å². The Morgan fingerprint density at radius 2 is 0.284 bits per heavy atom. The fraction of sp³-hybridized carbons (Fsp3) is 0.143. The van der Waals surface area contributed by atoms with Crippen molar-refractivity contribution in [1.29, 1.82) is 0 Å². The molecule has 0 fully saturated rings. The predicted octanol–water partition coefficient (Wildman–Crippen LogP) is 25.2. The first kappa shape index (κ1) is 119. The van der Waals surface area contributed by atoms with Gasteiger partial charge in [-0.3, -0.25) is 0 Å². The van der Waals surface area contributed by atoms with E-state index in [-0.39, 0.29) is 94.9 Å². The topological polar surface area (TPSA) is 362 Å². The van der Waals surface area contributed by atoms with Crippen LogP contribution in [-0.2, 0) is 84.3 Å². The summed E-state index contributed by atoms with van der Waals surface area (Å²) in [5.41, 5.74) is 9.98. The third-order valence-electron chi connectivity index (χ3n) is 16.4. The third kappa shape index (κ3) is 49.8. The molecule has 13 rings (SSSR count). The molecule has 0 aliphatic carbocycles. The van der Waals surface area contributed by atoms with Gasteiger partial charge >= 0.3 is 84.3 Å². The second kappa shape index (κ2) is 72.9. The van der Waals surface area contributed by atoms with E-state index in [2.05, 4.69) is 61.9 Å². The standard InChI is InChI=1S/6C15H15N2O2.C6H6O4.2CH2Cl2.4Mo/c6*1-18-14-7-3-12(4-8-14)16-11-17-13-5-9-15(19-2)10-6-13;7-3-1-4(8)6(10)2-5(3)9;2*2-1-3;;;;/h6*3-11H,1-2H3;1-2,7-10H;2*1H2;;;;/q6*-1;;;;2*+2;2*+3/p-4. The maximum atomic E-state index is 10.3. The van der Waals surface area contributed by atoms with Crippen molar-refractivity contribution in [1.82, 2.24) is 0 Å². The second-order valence-electron chi connectivity index (χ2n) is 24.6. The van der Waals surface area contributed by atoms with Gasteiger partial charge in [-0.1, -0.05) is 196 Å². The smallest absolute Gasteiger partial charge is 0.873 e. The Kier molecular flexibility index (Phi) is 65.0. The van der Waals surface area contributed by atoms with Crippen molar-refractivity contribution in [3.8, 4) is 92.0 Å². The number of alkyl halides is 4. The Balaban J connectivity index is 0.000000774. The van der Waals surface area contributed by atoms with E-state index >= 15 is 0 Å². The number of benzene rings is 13. The third-order valence-corrected chi connectivity index (χ3v) is 16.4. The van der Waals surface area contributed by atoms with E-state index in [9.17, 15) is 20.4 Å². The van der Waals surface area contributed by atoms with Crippen LogP contribution in [0, 0.1) is 0 Å². The van der Waals surface area contributed by atoms with Crippen LogP contribution in [0.15, 0.2) is 333 Å². The number of methoxy groups -OCH3 is 12. The van der Waals surface area contributed by atoms with Gasteiger partial charge < -0.3 is 139 Å². The van der Waals surface area contributed by atoms with E-state index in [1.807, 2.05) is 291 Å². The molecule has 134 heavy (non-hydrogen) atoms. The number of nitrogens with zero attached hydrogens (tertiary/aromatic N) is 12. The number of hydrogen-bond acceptors (Lipinski definition) is 22. The van der Waals surface area contributed by atoms with Crippen LogP contribution >= 0.6 is 46.4 Å². The largest absolute Gasteiger partial charge is 3.00 e. The van der Waals surface area contributed by atoms with Crippen LogP contribution < -0.4 is 77.3 Å². The van der Waals surface area contributed by atoms with Crippen molar-refractivity contribution in [2.75, 3.05) is 96.0 Å². The minimum atomic E-state index is -0.926. The maximum Gasteiger partial charge on any atom is 3.00 e. The second-order valence-corrected chi connectivity index (χ2v) is 26.2. The summed E-state index contributed by atoms with van der Waals surface area (Å²) in [5.74, 6) is 6.03. The van der Waals surface area contributed by atoms with Crippen LogP contribution in [-0.4, -0.2) is 134 Å². The van der Waals surface area contributed by atoms with Crippen LogP contribution in [0.2, 0.25) is 0 Å². The minimum absolute atomic E-state index is 0.